The molecule has 0 spiro atoms. The Morgan fingerprint density at radius 2 is 2.10 bits per heavy atom. The molecule has 2 atom stereocenters. The minimum Gasteiger partial charge on any atom is -0.376 e. The topological polar surface area (TPSA) is 83.2 Å². The van der Waals surface area contributed by atoms with Crippen LogP contribution in [-0.2, 0) is 22.6 Å². The van der Waals surface area contributed by atoms with Crippen molar-refractivity contribution in [1.82, 2.24) is 15.1 Å². The normalized spacial score (nSPS) is 23.0. The van der Waals surface area contributed by atoms with Crippen LogP contribution in [0.15, 0.2) is 29.3 Å². The van der Waals surface area contributed by atoms with Crippen molar-refractivity contribution in [3.8, 4) is 0 Å². The number of nitrogens with two attached hydrogens (primary N) is 1. The van der Waals surface area contributed by atoms with Crippen molar-refractivity contribution >= 4 is 35.8 Å². The zero-order valence-electron chi connectivity index (χ0n) is 18.2. The van der Waals surface area contributed by atoms with Gasteiger partial charge in [0.2, 0.25) is 5.91 Å². The molecular weight excluding hydrogens is 493 g/mol. The number of halogens is 1. The predicted octanol–water partition coefficient (Wildman–Crippen LogP) is 2.19. The van der Waals surface area contributed by atoms with Gasteiger partial charge >= 0.3 is 0 Å². The van der Waals surface area contributed by atoms with E-state index >= 15 is 0 Å². The van der Waals surface area contributed by atoms with E-state index < -0.39 is 0 Å². The highest BCUT2D eigenvalue weighted by Gasteiger charge is 2.23. The Bertz CT molecular complexity index is 715. The summed E-state index contributed by atoms with van der Waals surface area (Å²) in [7, 11) is 1.82. The number of guanidine groups is 1. The largest absolute Gasteiger partial charge is 0.376 e. The number of carbonyl (C=O) groups excluding carboxylic acids is 1. The van der Waals surface area contributed by atoms with Crippen molar-refractivity contribution in [3.05, 3.63) is 35.4 Å². The van der Waals surface area contributed by atoms with E-state index in [1.54, 1.807) is 0 Å². The third-order valence-electron chi connectivity index (χ3n) is 5.69. The summed E-state index contributed by atoms with van der Waals surface area (Å²) in [5, 5.41) is 3.49. The van der Waals surface area contributed by atoms with Crippen LogP contribution in [0.4, 0.5) is 0 Å². The van der Waals surface area contributed by atoms with Crippen LogP contribution in [0.5, 0.6) is 0 Å². The summed E-state index contributed by atoms with van der Waals surface area (Å²) in [5.41, 5.74) is 7.96. The zero-order valence-corrected chi connectivity index (χ0v) is 20.5. The second kappa shape index (κ2) is 12.5. The molecule has 1 amide bonds. The number of morpholine rings is 1. The third kappa shape index (κ3) is 7.70. The number of hydrogen-bond donors (Lipinski definition) is 2. The summed E-state index contributed by atoms with van der Waals surface area (Å²) in [6.45, 7) is 8.39. The van der Waals surface area contributed by atoms with E-state index in [4.69, 9.17) is 10.5 Å². The van der Waals surface area contributed by atoms with Gasteiger partial charge in [-0.3, -0.25) is 14.7 Å². The lowest BCUT2D eigenvalue weighted by Gasteiger charge is -2.34. The Hall–Kier alpha value is -1.39. The Morgan fingerprint density at radius 3 is 2.83 bits per heavy atom. The molecule has 1 aromatic carbocycles. The lowest BCUT2D eigenvalue weighted by Crippen LogP contribution is -2.46. The highest BCUT2D eigenvalue weighted by Crippen LogP contribution is 2.19. The number of rotatable bonds is 6. The molecule has 2 heterocycles. The van der Waals surface area contributed by atoms with Crippen LogP contribution < -0.4 is 11.1 Å². The number of benzene rings is 1. The lowest BCUT2D eigenvalue weighted by atomic mass is 9.95. The van der Waals surface area contributed by atoms with Crippen LogP contribution in [0.25, 0.3) is 0 Å². The van der Waals surface area contributed by atoms with Crippen LogP contribution in [-0.4, -0.2) is 67.6 Å². The number of likely N-dealkylation sites (tertiary alicyclic amines) is 1. The molecule has 0 radical (unpaired) electrons. The van der Waals surface area contributed by atoms with E-state index in [2.05, 4.69) is 51.3 Å². The molecule has 2 unspecified atom stereocenters. The molecular formula is C22H36IN5O2. The molecule has 3 rings (SSSR count). The fourth-order valence-electron chi connectivity index (χ4n) is 4.35. The first kappa shape index (κ1) is 24.9. The van der Waals surface area contributed by atoms with Crippen molar-refractivity contribution < 1.29 is 9.53 Å². The maximum atomic E-state index is 11.3. The van der Waals surface area contributed by atoms with Gasteiger partial charge in [0.1, 0.15) is 0 Å². The number of amides is 1. The number of nitrogens with one attached hydrogen (secondary N) is 1. The lowest BCUT2D eigenvalue weighted by molar-refractivity contribution is -0.119. The van der Waals surface area contributed by atoms with Gasteiger partial charge in [0.05, 0.1) is 12.7 Å². The Labute approximate surface area is 197 Å². The van der Waals surface area contributed by atoms with Gasteiger partial charge in [0, 0.05) is 52.7 Å². The average molecular weight is 529 g/mol. The maximum absolute atomic E-state index is 11.3. The first-order valence-electron chi connectivity index (χ1n) is 10.7. The van der Waals surface area contributed by atoms with Gasteiger partial charge in [-0.05, 0) is 36.8 Å². The van der Waals surface area contributed by atoms with Crippen LogP contribution in [0.3, 0.4) is 0 Å². The first-order chi connectivity index (χ1) is 14.0. The molecule has 0 saturated carbocycles. The Morgan fingerprint density at radius 1 is 1.30 bits per heavy atom. The van der Waals surface area contributed by atoms with Gasteiger partial charge in [-0.1, -0.05) is 24.3 Å². The van der Waals surface area contributed by atoms with E-state index in [1.165, 1.54) is 11.1 Å². The molecule has 168 valence electrons. The van der Waals surface area contributed by atoms with E-state index in [-0.39, 0.29) is 29.9 Å². The second-order valence-electron chi connectivity index (χ2n) is 8.26. The zero-order chi connectivity index (χ0) is 20.6. The van der Waals surface area contributed by atoms with Gasteiger partial charge in [-0.25, -0.2) is 0 Å². The number of piperidine rings is 1. The minimum absolute atomic E-state index is 0. The summed E-state index contributed by atoms with van der Waals surface area (Å²) in [6, 6.07) is 8.74. The van der Waals surface area contributed by atoms with E-state index in [1.807, 2.05) is 7.05 Å². The fraction of sp³-hybridized carbons (Fsp3) is 0.636. The molecule has 30 heavy (non-hydrogen) atoms. The van der Waals surface area contributed by atoms with Crippen molar-refractivity contribution in [2.24, 2.45) is 16.6 Å². The molecule has 7 nitrogen and oxygen atoms in total. The molecule has 2 saturated heterocycles. The van der Waals surface area contributed by atoms with Crippen LogP contribution in [0, 0.1) is 5.92 Å². The molecule has 0 bridgehead atoms. The molecule has 1 aromatic rings. The molecule has 8 heteroatoms. The average Bonchev–Trinajstić information content (AvgIpc) is 2.69. The number of primary amides is 1. The first-order valence-corrected chi connectivity index (χ1v) is 10.7. The molecule has 2 aliphatic heterocycles. The van der Waals surface area contributed by atoms with Crippen LogP contribution in [0.2, 0.25) is 0 Å². The number of ether oxygens (including phenoxy) is 1. The van der Waals surface area contributed by atoms with Gasteiger partial charge in [-0.15, -0.1) is 24.0 Å². The minimum atomic E-state index is -0.216. The molecule has 3 N–H and O–H groups in total. The van der Waals surface area contributed by atoms with Gasteiger partial charge in [0.15, 0.2) is 5.96 Å². The van der Waals surface area contributed by atoms with Gasteiger partial charge in [0.25, 0.3) is 0 Å². The van der Waals surface area contributed by atoms with E-state index in [0.29, 0.717) is 18.4 Å². The van der Waals surface area contributed by atoms with Crippen LogP contribution in [0.1, 0.15) is 37.3 Å². The van der Waals surface area contributed by atoms with Crippen molar-refractivity contribution in [2.45, 2.75) is 45.4 Å². The highest BCUT2D eigenvalue weighted by molar-refractivity contribution is 14.0. The summed E-state index contributed by atoms with van der Waals surface area (Å²) in [4.78, 5) is 20.4. The number of nitrogens with zero attached hydrogens (tertiary/aromatic N) is 3. The van der Waals surface area contributed by atoms with Crippen molar-refractivity contribution in [3.63, 3.8) is 0 Å². The predicted molar refractivity (Wildman–Crippen MR) is 131 cm³/mol. The summed E-state index contributed by atoms with van der Waals surface area (Å²) in [5.74, 6) is 0.997. The fourth-order valence-corrected chi connectivity index (χ4v) is 4.35. The third-order valence-corrected chi connectivity index (χ3v) is 5.69. The molecule has 0 aliphatic carbocycles. The number of hydrogen-bond acceptors (Lipinski definition) is 4. The molecule has 2 fully saturated rings. The SMILES string of the molecule is CN=C(NCc1cccc(CN2CCOC(C)C2)c1)N1CCCC(CC(N)=O)C1.I. The highest BCUT2D eigenvalue weighted by atomic mass is 127. The Balaban J connectivity index is 0.00000320. The van der Waals surface area contributed by atoms with E-state index in [0.717, 1.165) is 64.7 Å². The number of carbonyl (C=O) groups is 1. The summed E-state index contributed by atoms with van der Waals surface area (Å²) < 4.78 is 5.64. The van der Waals surface area contributed by atoms with Crippen LogP contribution >= 0.6 is 24.0 Å². The molecule has 0 aromatic heterocycles. The maximum Gasteiger partial charge on any atom is 0.217 e. The monoisotopic (exact) mass is 529 g/mol. The summed E-state index contributed by atoms with van der Waals surface area (Å²) in [6.07, 6.45) is 2.88. The van der Waals surface area contributed by atoms with Crippen molar-refractivity contribution in [2.75, 3.05) is 39.8 Å². The summed E-state index contributed by atoms with van der Waals surface area (Å²) >= 11 is 0. The van der Waals surface area contributed by atoms with Crippen molar-refractivity contribution in [1.29, 1.82) is 0 Å². The quantitative estimate of drug-likeness (QED) is 0.336. The second-order valence-corrected chi connectivity index (χ2v) is 8.26. The van der Waals surface area contributed by atoms with E-state index in [9.17, 15) is 4.79 Å². The standard InChI is InChI=1S/C22H35N5O2.HI/c1-17-14-26(9-10-29-17)15-19-6-3-5-18(11-19)13-25-22(24-2)27-8-4-7-20(16-27)12-21(23)28;/h3,5-6,11,17,20H,4,7-10,12-16H2,1-2H3,(H2,23,28)(H,24,25);1H. The molecule has 2 aliphatic rings. The number of aliphatic imine (C=N–C) groups is 1. The van der Waals surface area contributed by atoms with Gasteiger partial charge in [-0.2, -0.15) is 0 Å². The Kier molecular flexibility index (Phi) is 10.3. The smallest absolute Gasteiger partial charge is 0.217 e. The van der Waals surface area contributed by atoms with Gasteiger partial charge < -0.3 is 20.7 Å².